The van der Waals surface area contributed by atoms with Gasteiger partial charge in [-0.3, -0.25) is 9.78 Å². The van der Waals surface area contributed by atoms with Crippen molar-refractivity contribution in [3.05, 3.63) is 77.8 Å². The fourth-order valence-electron chi connectivity index (χ4n) is 3.90. The average Bonchev–Trinajstić information content (AvgIpc) is 3.44. The maximum atomic E-state index is 11.6. The van der Waals surface area contributed by atoms with Crippen LogP contribution in [-0.4, -0.2) is 45.7 Å². The largest absolute Gasteiger partial charge is 0.478 e. The predicted octanol–water partition coefficient (Wildman–Crippen LogP) is 3.97. The molecule has 1 aliphatic heterocycles. The molecule has 8 nitrogen and oxygen atoms in total. The van der Waals surface area contributed by atoms with Crippen molar-refractivity contribution in [3.63, 3.8) is 0 Å². The summed E-state index contributed by atoms with van der Waals surface area (Å²) in [5, 5.41) is 13.0. The molecule has 0 unspecified atom stereocenters. The molecule has 0 radical (unpaired) electrons. The second-order valence-electron chi connectivity index (χ2n) is 7.58. The number of carboxylic acids is 1. The highest BCUT2D eigenvalue weighted by Gasteiger charge is 2.41. The number of carboxylic acid groups (broad SMARTS) is 1. The van der Waals surface area contributed by atoms with Gasteiger partial charge in [-0.2, -0.15) is 0 Å². The number of furan rings is 1. The van der Waals surface area contributed by atoms with Gasteiger partial charge in [0.15, 0.2) is 5.11 Å². The zero-order chi connectivity index (χ0) is 23.4. The van der Waals surface area contributed by atoms with Crippen LogP contribution in [0.4, 0.5) is 0 Å². The molecule has 2 atom stereocenters. The smallest absolute Gasteiger partial charge is 0.335 e. The van der Waals surface area contributed by atoms with Crippen molar-refractivity contribution in [2.45, 2.75) is 24.9 Å². The van der Waals surface area contributed by atoms with Crippen molar-refractivity contribution in [2.24, 2.45) is 0 Å². The summed E-state index contributed by atoms with van der Waals surface area (Å²) in [6, 6.07) is 15.5. The zero-order valence-corrected chi connectivity index (χ0v) is 18.7. The van der Waals surface area contributed by atoms with E-state index >= 15 is 0 Å². The van der Waals surface area contributed by atoms with Gasteiger partial charge in [0, 0.05) is 24.7 Å². The summed E-state index contributed by atoms with van der Waals surface area (Å²) in [5.41, 5.74) is 1.80. The molecule has 0 aliphatic carbocycles. The van der Waals surface area contributed by atoms with Crippen LogP contribution in [-0.2, 0) is 9.53 Å². The van der Waals surface area contributed by atoms with Crippen LogP contribution in [0.1, 0.15) is 46.7 Å². The molecular weight excluding hydrogens is 442 g/mol. The third-order valence-corrected chi connectivity index (χ3v) is 5.89. The van der Waals surface area contributed by atoms with E-state index in [1.54, 1.807) is 30.5 Å². The first kappa shape index (κ1) is 22.5. The quantitative estimate of drug-likeness (QED) is 0.378. The van der Waals surface area contributed by atoms with Gasteiger partial charge in [-0.15, -0.1) is 0 Å². The summed E-state index contributed by atoms with van der Waals surface area (Å²) < 4.78 is 11.0. The van der Waals surface area contributed by atoms with Gasteiger partial charge in [-0.25, -0.2) is 4.79 Å². The fraction of sp³-hybridized carbons (Fsp3) is 0.250. The highest BCUT2D eigenvalue weighted by molar-refractivity contribution is 7.80. The monoisotopic (exact) mass is 465 g/mol. The second kappa shape index (κ2) is 9.83. The minimum Gasteiger partial charge on any atom is -0.478 e. The number of pyridine rings is 1. The van der Waals surface area contributed by atoms with Gasteiger partial charge in [-0.1, -0.05) is 18.2 Å². The van der Waals surface area contributed by atoms with Crippen molar-refractivity contribution in [3.8, 4) is 11.3 Å². The maximum Gasteiger partial charge on any atom is 0.335 e. The van der Waals surface area contributed by atoms with E-state index in [2.05, 4.69) is 10.3 Å². The number of carbonyl (C=O) groups is 2. The Morgan fingerprint density at radius 2 is 1.97 bits per heavy atom. The minimum atomic E-state index is -0.979. The molecule has 0 bridgehead atoms. The Bertz CT molecular complexity index is 1150. The molecule has 170 valence electrons. The van der Waals surface area contributed by atoms with E-state index in [0.717, 1.165) is 11.3 Å². The third-order valence-electron chi connectivity index (χ3n) is 5.54. The van der Waals surface area contributed by atoms with Crippen LogP contribution in [0.15, 0.2) is 65.2 Å². The first-order valence-corrected chi connectivity index (χ1v) is 10.9. The van der Waals surface area contributed by atoms with Gasteiger partial charge >= 0.3 is 11.9 Å². The van der Waals surface area contributed by atoms with Crippen LogP contribution in [0, 0.1) is 0 Å². The number of nitrogens with zero attached hydrogens (tertiary/aromatic N) is 2. The van der Waals surface area contributed by atoms with Gasteiger partial charge < -0.3 is 24.5 Å². The number of rotatable bonds is 8. The Morgan fingerprint density at radius 3 is 2.64 bits per heavy atom. The van der Waals surface area contributed by atoms with E-state index in [9.17, 15) is 9.59 Å². The molecule has 1 aliphatic rings. The van der Waals surface area contributed by atoms with Crippen LogP contribution in [0.5, 0.6) is 0 Å². The lowest BCUT2D eigenvalue weighted by Gasteiger charge is -2.25. The summed E-state index contributed by atoms with van der Waals surface area (Å²) >= 11 is 5.61. The summed E-state index contributed by atoms with van der Waals surface area (Å²) in [6.07, 6.45) is 2.59. The summed E-state index contributed by atoms with van der Waals surface area (Å²) in [7, 11) is 1.37. The van der Waals surface area contributed by atoms with Crippen molar-refractivity contribution in [1.29, 1.82) is 0 Å². The molecule has 3 heterocycles. The number of methoxy groups -OCH3 is 1. The average molecular weight is 466 g/mol. The third kappa shape index (κ3) is 4.88. The molecule has 0 saturated carbocycles. The summed E-state index contributed by atoms with van der Waals surface area (Å²) in [6.45, 7) is 0.540. The number of hydrogen-bond acceptors (Lipinski definition) is 6. The van der Waals surface area contributed by atoms with Crippen molar-refractivity contribution in [2.75, 3.05) is 13.7 Å². The van der Waals surface area contributed by atoms with Crippen molar-refractivity contribution in [1.82, 2.24) is 15.2 Å². The molecule has 1 fully saturated rings. The highest BCUT2D eigenvalue weighted by Crippen LogP contribution is 2.40. The number of carbonyl (C=O) groups excluding carboxylic acids is 1. The maximum absolute atomic E-state index is 11.6. The molecule has 0 amide bonds. The first-order chi connectivity index (χ1) is 16.0. The number of aromatic nitrogens is 1. The van der Waals surface area contributed by atoms with E-state index in [0.29, 0.717) is 29.6 Å². The molecular formula is C24H23N3O5S. The molecule has 33 heavy (non-hydrogen) atoms. The fourth-order valence-corrected chi connectivity index (χ4v) is 4.23. The van der Waals surface area contributed by atoms with Crippen LogP contribution in [0.2, 0.25) is 0 Å². The summed E-state index contributed by atoms with van der Waals surface area (Å²) in [4.78, 5) is 29.2. The minimum absolute atomic E-state index is 0.211. The topological polar surface area (TPSA) is 105 Å². The Hall–Kier alpha value is -3.72. The van der Waals surface area contributed by atoms with Gasteiger partial charge in [-0.05, 0) is 55.0 Å². The van der Waals surface area contributed by atoms with Crippen LogP contribution in [0.25, 0.3) is 11.3 Å². The number of aromatic carboxylic acids is 1. The Morgan fingerprint density at radius 1 is 1.18 bits per heavy atom. The van der Waals surface area contributed by atoms with Crippen LogP contribution < -0.4 is 5.32 Å². The molecule has 1 saturated heterocycles. The number of hydrogen-bond donors (Lipinski definition) is 2. The van der Waals surface area contributed by atoms with E-state index in [4.69, 9.17) is 26.5 Å². The molecule has 3 aromatic rings. The van der Waals surface area contributed by atoms with Crippen LogP contribution >= 0.6 is 12.2 Å². The number of nitrogens with one attached hydrogen (secondary N) is 1. The van der Waals surface area contributed by atoms with Gasteiger partial charge in [0.25, 0.3) is 0 Å². The van der Waals surface area contributed by atoms with Gasteiger partial charge in [0.05, 0.1) is 24.4 Å². The SMILES string of the molecule is COC(=O)CCCN1C(=S)N[C@H](c2ccccn2)[C@@H]1c1ccc(-c2ccc(C(=O)O)cc2)o1. The number of ether oxygens (including phenoxy) is 1. The summed E-state index contributed by atoms with van der Waals surface area (Å²) in [5.74, 6) is 0.0615. The number of benzene rings is 1. The van der Waals surface area contributed by atoms with Crippen LogP contribution in [0.3, 0.4) is 0 Å². The lowest BCUT2D eigenvalue weighted by molar-refractivity contribution is -0.140. The van der Waals surface area contributed by atoms with Gasteiger partial charge in [0.2, 0.25) is 0 Å². The van der Waals surface area contributed by atoms with E-state index < -0.39 is 5.97 Å². The Balaban J connectivity index is 1.63. The van der Waals surface area contributed by atoms with E-state index in [1.807, 2.05) is 35.2 Å². The molecule has 2 N–H and O–H groups in total. The number of thiocarbonyl (C=S) groups is 1. The lowest BCUT2D eigenvalue weighted by Crippen LogP contribution is -2.30. The van der Waals surface area contributed by atoms with E-state index in [1.165, 1.54) is 7.11 Å². The Labute approximate surface area is 196 Å². The molecule has 2 aromatic heterocycles. The highest BCUT2D eigenvalue weighted by atomic mass is 32.1. The molecule has 0 spiro atoms. The van der Waals surface area contributed by atoms with Gasteiger partial charge in [0.1, 0.15) is 17.6 Å². The molecule has 1 aromatic carbocycles. The normalized spacial score (nSPS) is 17.6. The van der Waals surface area contributed by atoms with Crippen molar-refractivity contribution >= 4 is 29.3 Å². The first-order valence-electron chi connectivity index (χ1n) is 10.5. The molecule has 4 rings (SSSR count). The van der Waals surface area contributed by atoms with E-state index in [-0.39, 0.29) is 30.0 Å². The standard InChI is InChI=1S/C24H23N3O5S/c1-31-20(28)6-4-14-27-22(21(26-24(27)33)17-5-2-3-13-25-17)19-12-11-18(32-19)15-7-9-16(10-8-15)23(29)30/h2-3,5,7-13,21-22H,4,6,14H2,1H3,(H,26,33)(H,29,30)/t21-,22+/m1/s1. The van der Waals surface area contributed by atoms with Crippen molar-refractivity contribution < 1.29 is 23.8 Å². The number of esters is 1. The zero-order valence-electron chi connectivity index (χ0n) is 17.9. The lowest BCUT2D eigenvalue weighted by atomic mass is 10.0. The molecule has 9 heteroatoms. The second-order valence-corrected chi connectivity index (χ2v) is 7.97. The predicted molar refractivity (Wildman–Crippen MR) is 125 cm³/mol. The Kier molecular flexibility index (Phi) is 6.69.